The Morgan fingerprint density at radius 1 is 1.67 bits per heavy atom. The first-order chi connectivity index (χ1) is 5.49. The van der Waals surface area contributed by atoms with Crippen molar-refractivity contribution in [3.05, 3.63) is 0 Å². The summed E-state index contributed by atoms with van der Waals surface area (Å²) >= 11 is 0. The van der Waals surface area contributed by atoms with Gasteiger partial charge in [-0.05, 0) is 6.42 Å². The number of carbonyl (C=O) groups is 1. The third kappa shape index (κ3) is 2.39. The molecule has 0 fully saturated rings. The molecule has 0 aromatic carbocycles. The van der Waals surface area contributed by atoms with Gasteiger partial charge in [0.05, 0.1) is 22.0 Å². The van der Waals surface area contributed by atoms with Gasteiger partial charge in [0.15, 0.2) is 0 Å². The predicted octanol–water partition coefficient (Wildman–Crippen LogP) is -2.65. The average Bonchev–Trinajstić information content (AvgIpc) is 2.03. The van der Waals surface area contributed by atoms with Crippen molar-refractivity contribution in [2.45, 2.75) is 25.6 Å². The molecule has 1 unspecified atom stereocenters. The summed E-state index contributed by atoms with van der Waals surface area (Å²) in [7, 11) is 6.43. The number of hydrogen-bond donors (Lipinski definition) is 0. The summed E-state index contributed by atoms with van der Waals surface area (Å²) in [4.78, 5) is 11.5. The van der Waals surface area contributed by atoms with Crippen molar-refractivity contribution in [1.82, 2.24) is 0 Å². The maximum atomic E-state index is 11.5. The molecule has 7 heteroatoms. The molecule has 0 bridgehead atoms. The van der Waals surface area contributed by atoms with E-state index < -0.39 is 0 Å². The Balaban J connectivity index is 4.40. The molecule has 0 N–H and O–H groups in total. The second-order valence-corrected chi connectivity index (χ2v) is 3.65. The number of rotatable bonds is 4. The lowest BCUT2D eigenvalue weighted by Gasteiger charge is -2.29. The topological polar surface area (TPSA) is 26.3 Å². The molecule has 62 valence electrons. The Morgan fingerprint density at radius 3 is 2.42 bits per heavy atom. The molecule has 0 amide bonds. The van der Waals surface area contributed by atoms with Crippen LogP contribution in [-0.4, -0.2) is 43.0 Å². The molecule has 0 aliphatic heterocycles. The zero-order valence-electron chi connectivity index (χ0n) is 8.81. The highest BCUT2D eigenvalue weighted by Gasteiger charge is 2.36. The molecule has 0 aromatic rings. The van der Waals surface area contributed by atoms with Gasteiger partial charge in [0, 0.05) is 5.31 Å². The largest absolute Gasteiger partial charge is 0.549 e. The number of carbonyl (C=O) groups excluding carboxylic acids is 1. The summed E-state index contributed by atoms with van der Waals surface area (Å²) in [6.07, 6.45) is 0.837. The highest BCUT2D eigenvalue weighted by Crippen LogP contribution is 2.32. The van der Waals surface area contributed by atoms with E-state index in [1.807, 2.05) is 21.6 Å². The van der Waals surface area contributed by atoms with Crippen molar-refractivity contribution in [2.24, 2.45) is 0 Å². The monoisotopic (exact) mass is 162 g/mol. The fourth-order valence-corrected chi connectivity index (χ4v) is 1.08. The van der Waals surface area contributed by atoms with E-state index in [0.29, 0.717) is 13.9 Å². The minimum Gasteiger partial charge on any atom is -0.549 e. The van der Waals surface area contributed by atoms with E-state index in [1.54, 1.807) is 0 Å². The Bertz CT molecular complexity index is 162. The van der Waals surface area contributed by atoms with Crippen molar-refractivity contribution in [2.75, 3.05) is 0 Å². The lowest BCUT2D eigenvalue weighted by Crippen LogP contribution is -2.39. The molecule has 0 aliphatic carbocycles. The van der Waals surface area contributed by atoms with Crippen LogP contribution >= 0.6 is 0 Å². The molecular formula is C5H15B5O2. The van der Waals surface area contributed by atoms with Crippen LogP contribution in [0.3, 0.4) is 0 Å². The number of hydrogen-bond acceptors (Lipinski definition) is 2. The third-order valence-electron chi connectivity index (χ3n) is 2.75. The van der Waals surface area contributed by atoms with Crippen LogP contribution in [0.2, 0.25) is 5.31 Å². The van der Waals surface area contributed by atoms with E-state index in [1.165, 1.54) is 0 Å². The van der Waals surface area contributed by atoms with Crippen LogP contribution in [0, 0.1) is 0 Å². The SMILES string of the molecule is BBOC(=O)C(C)(CC)B(B)B. The van der Waals surface area contributed by atoms with Crippen LogP contribution in [-0.2, 0) is 9.45 Å². The Labute approximate surface area is 78.7 Å². The van der Waals surface area contributed by atoms with Crippen molar-refractivity contribution in [3.63, 3.8) is 0 Å². The molecule has 0 aliphatic rings. The van der Waals surface area contributed by atoms with Gasteiger partial charge in [0.2, 0.25) is 0 Å². The summed E-state index contributed by atoms with van der Waals surface area (Å²) in [6, 6.07) is 0. The minimum atomic E-state index is -0.310. The normalized spacial score (nSPS) is 14.5. The molecule has 0 saturated carbocycles. The summed E-state index contributed by atoms with van der Waals surface area (Å²) in [5, 5.41) is -0.310. The Kier molecular flexibility index (Phi) is 4.65. The van der Waals surface area contributed by atoms with Crippen LogP contribution in [0.15, 0.2) is 0 Å². The van der Waals surface area contributed by atoms with E-state index >= 15 is 0 Å². The molecule has 12 heavy (non-hydrogen) atoms. The first-order valence-corrected chi connectivity index (χ1v) is 4.66. The maximum absolute atomic E-state index is 11.5. The van der Waals surface area contributed by atoms with Crippen molar-refractivity contribution in [3.8, 4) is 0 Å². The van der Waals surface area contributed by atoms with E-state index in [4.69, 9.17) is 4.65 Å². The van der Waals surface area contributed by atoms with Crippen LogP contribution < -0.4 is 0 Å². The van der Waals surface area contributed by atoms with Crippen molar-refractivity contribution in [1.29, 1.82) is 0 Å². The van der Waals surface area contributed by atoms with Crippen LogP contribution in [0.25, 0.3) is 0 Å². The smallest absolute Gasteiger partial charge is 0.294 e. The van der Waals surface area contributed by atoms with E-state index in [-0.39, 0.29) is 11.3 Å². The second kappa shape index (κ2) is 4.73. The van der Waals surface area contributed by atoms with Gasteiger partial charge in [-0.15, -0.1) is 0 Å². The summed E-state index contributed by atoms with van der Waals surface area (Å²) in [5.41, 5.74) is 0. The molecule has 0 aromatic heterocycles. The van der Waals surface area contributed by atoms with Gasteiger partial charge in [0.25, 0.3) is 13.3 Å². The second-order valence-electron chi connectivity index (χ2n) is 3.65. The zero-order chi connectivity index (χ0) is 9.78. The molecule has 2 nitrogen and oxygen atoms in total. The van der Waals surface area contributed by atoms with Crippen molar-refractivity contribution >= 4 is 43.0 Å². The molecular weight excluding hydrogens is 146 g/mol. The van der Waals surface area contributed by atoms with Gasteiger partial charge in [-0.1, -0.05) is 13.8 Å². The van der Waals surface area contributed by atoms with Gasteiger partial charge < -0.3 is 4.65 Å². The highest BCUT2D eigenvalue weighted by atomic mass is 16.5. The molecule has 0 heterocycles. The molecule has 0 radical (unpaired) electrons. The third-order valence-corrected chi connectivity index (χ3v) is 2.75. The molecule has 1 atom stereocenters. The quantitative estimate of drug-likeness (QED) is 0.421. The van der Waals surface area contributed by atoms with E-state index in [2.05, 4.69) is 15.5 Å². The lowest BCUT2D eigenvalue weighted by molar-refractivity contribution is -0.137. The summed E-state index contributed by atoms with van der Waals surface area (Å²) in [6.45, 7) is 4.33. The van der Waals surface area contributed by atoms with Gasteiger partial charge in [-0.2, -0.15) is 0 Å². The van der Waals surface area contributed by atoms with E-state index in [0.717, 1.165) is 6.42 Å². The Hall–Kier alpha value is -0.205. The zero-order valence-corrected chi connectivity index (χ0v) is 8.81. The average molecular weight is 161 g/mol. The van der Waals surface area contributed by atoms with E-state index in [9.17, 15) is 4.79 Å². The van der Waals surface area contributed by atoms with Crippen LogP contribution in [0.4, 0.5) is 0 Å². The fourth-order valence-electron chi connectivity index (χ4n) is 1.08. The van der Waals surface area contributed by atoms with Gasteiger partial charge >= 0.3 is 0 Å². The van der Waals surface area contributed by atoms with Crippen LogP contribution in [0.5, 0.6) is 0 Å². The summed E-state index contributed by atoms with van der Waals surface area (Å²) in [5.74, 6) is -0.0671. The minimum absolute atomic E-state index is 0.0671. The first kappa shape index (κ1) is 11.8. The van der Waals surface area contributed by atoms with Gasteiger partial charge in [0.1, 0.15) is 7.74 Å². The van der Waals surface area contributed by atoms with Crippen molar-refractivity contribution < 1.29 is 9.45 Å². The standard InChI is InChI=1S/C5H15B5O2/c1-3-5(2,10(7)8)4(11)12-9-6/h9H,3,6-8H2,1-2H3. The van der Waals surface area contributed by atoms with Gasteiger partial charge in [-0.25, -0.2) is 0 Å². The molecule has 0 saturated heterocycles. The summed E-state index contributed by atoms with van der Waals surface area (Å²) < 4.78 is 5.02. The Morgan fingerprint density at radius 2 is 2.17 bits per heavy atom. The molecule has 0 rings (SSSR count). The fraction of sp³-hybridized carbons (Fsp3) is 0.800. The van der Waals surface area contributed by atoms with Gasteiger partial charge in [-0.3, -0.25) is 4.79 Å². The molecule has 0 spiro atoms. The van der Waals surface area contributed by atoms with Crippen LogP contribution in [0.1, 0.15) is 20.3 Å². The predicted molar refractivity (Wildman–Crippen MR) is 63.3 cm³/mol. The lowest BCUT2D eigenvalue weighted by atomic mass is 9.10. The maximum Gasteiger partial charge on any atom is 0.294 e. The first-order valence-electron chi connectivity index (χ1n) is 4.66. The highest BCUT2D eigenvalue weighted by molar-refractivity contribution is 7.31.